The van der Waals surface area contributed by atoms with Crippen LogP contribution in [0.2, 0.25) is 0 Å². The van der Waals surface area contributed by atoms with E-state index in [0.29, 0.717) is 6.54 Å². The fourth-order valence-electron chi connectivity index (χ4n) is 2.69. The predicted molar refractivity (Wildman–Crippen MR) is 88.6 cm³/mol. The summed E-state index contributed by atoms with van der Waals surface area (Å²) < 4.78 is 4.91. The number of nitrogens with zero attached hydrogens (tertiary/aromatic N) is 1. The lowest BCUT2D eigenvalue weighted by molar-refractivity contribution is -0.155. The third kappa shape index (κ3) is 3.93. The van der Waals surface area contributed by atoms with E-state index in [1.165, 1.54) is 6.92 Å². The molecule has 2 heterocycles. The number of guanidine groups is 1. The van der Waals surface area contributed by atoms with Gasteiger partial charge in [0.2, 0.25) is 23.2 Å². The van der Waals surface area contributed by atoms with Crippen LogP contribution in [0.3, 0.4) is 0 Å². The zero-order valence-electron chi connectivity index (χ0n) is 14.6. The molecule has 2 saturated heterocycles. The van der Waals surface area contributed by atoms with Gasteiger partial charge in [0.1, 0.15) is 0 Å². The first kappa shape index (κ1) is 19.6. The van der Waals surface area contributed by atoms with Gasteiger partial charge in [0.15, 0.2) is 12.2 Å². The van der Waals surface area contributed by atoms with Crippen LogP contribution in [-0.4, -0.2) is 58.9 Å². The standard InChI is InChI=1S/C15H23N5O6/c1-3-4-5-17-14(16)20-19-11(22)7(2)6-15(13(24)25)10(21)8-9(26-8)12(23)18-15/h7-9H,3-6H2,1-2H3,(H,18,23)(H,19,22)(H,24,25)(H3,16,17,20)/t7?,8-,9-,15+/m0/s1. The largest absolute Gasteiger partial charge is 0.479 e. The predicted octanol–water partition coefficient (Wildman–Crippen LogP) is -1.96. The summed E-state index contributed by atoms with van der Waals surface area (Å²) in [5, 5.41) is 11.7. The Labute approximate surface area is 149 Å². The maximum absolute atomic E-state index is 12.3. The van der Waals surface area contributed by atoms with Crippen molar-refractivity contribution in [2.45, 2.75) is 50.9 Å². The van der Waals surface area contributed by atoms with Crippen LogP contribution in [0.4, 0.5) is 0 Å². The number of hydrogen-bond donors (Lipinski definition) is 5. The molecule has 0 aliphatic carbocycles. The molecule has 0 bridgehead atoms. The van der Waals surface area contributed by atoms with E-state index >= 15 is 0 Å². The number of piperidine rings is 1. The molecule has 2 amide bonds. The average Bonchev–Trinajstić information content (AvgIpc) is 3.38. The number of aliphatic carboxylic acids is 1. The number of carboxylic acids is 1. The number of fused-ring (bicyclic) bond motifs is 1. The van der Waals surface area contributed by atoms with E-state index in [9.17, 15) is 24.3 Å². The SMILES string of the molecule is CCCCN=C(N)NNC(=O)C(C)C[C@@]1(C(=O)O)NC(=O)[C@H]2O[C@@H]2C1=O. The first-order valence-electron chi connectivity index (χ1n) is 8.34. The van der Waals surface area contributed by atoms with Crippen LogP contribution in [0.15, 0.2) is 4.99 Å². The third-order valence-corrected chi connectivity index (χ3v) is 4.30. The molecule has 11 nitrogen and oxygen atoms in total. The summed E-state index contributed by atoms with van der Waals surface area (Å²) >= 11 is 0. The highest BCUT2D eigenvalue weighted by Crippen LogP contribution is 2.35. The number of amides is 2. The molecule has 0 aromatic rings. The fourth-order valence-corrected chi connectivity index (χ4v) is 2.69. The van der Waals surface area contributed by atoms with Crippen molar-refractivity contribution >= 4 is 29.5 Å². The molecule has 2 fully saturated rings. The minimum Gasteiger partial charge on any atom is -0.479 e. The van der Waals surface area contributed by atoms with Gasteiger partial charge in [0.05, 0.1) is 0 Å². The lowest BCUT2D eigenvalue weighted by atomic mass is 9.80. The van der Waals surface area contributed by atoms with Crippen molar-refractivity contribution < 1.29 is 29.0 Å². The number of epoxide rings is 1. The highest BCUT2D eigenvalue weighted by molar-refractivity contribution is 6.18. The van der Waals surface area contributed by atoms with Gasteiger partial charge in [0.25, 0.3) is 5.91 Å². The van der Waals surface area contributed by atoms with Gasteiger partial charge in [0, 0.05) is 18.9 Å². The Bertz CT molecular complexity index is 650. The molecule has 26 heavy (non-hydrogen) atoms. The number of Topliss-reactive ketones (excluding diaryl/α,β-unsaturated/α-hetero) is 1. The van der Waals surface area contributed by atoms with E-state index in [0.717, 1.165) is 12.8 Å². The Morgan fingerprint density at radius 3 is 2.69 bits per heavy atom. The van der Waals surface area contributed by atoms with Crippen LogP contribution in [0.5, 0.6) is 0 Å². The Hall–Kier alpha value is -2.69. The van der Waals surface area contributed by atoms with E-state index < -0.39 is 53.7 Å². The number of nitrogens with two attached hydrogens (primary N) is 1. The van der Waals surface area contributed by atoms with Crippen LogP contribution < -0.4 is 21.9 Å². The van der Waals surface area contributed by atoms with Crippen LogP contribution in [0.25, 0.3) is 0 Å². The Kier molecular flexibility index (Phi) is 5.80. The number of aliphatic imine (C=N–C) groups is 1. The summed E-state index contributed by atoms with van der Waals surface area (Å²) in [7, 11) is 0. The van der Waals surface area contributed by atoms with Gasteiger partial charge >= 0.3 is 5.97 Å². The second kappa shape index (κ2) is 7.68. The average molecular weight is 369 g/mol. The molecular weight excluding hydrogens is 346 g/mol. The summed E-state index contributed by atoms with van der Waals surface area (Å²) in [6.45, 7) is 3.94. The summed E-state index contributed by atoms with van der Waals surface area (Å²) in [6, 6.07) is 0. The van der Waals surface area contributed by atoms with E-state index in [2.05, 4.69) is 21.2 Å². The molecule has 144 valence electrons. The number of nitrogens with one attached hydrogen (secondary N) is 3. The minimum absolute atomic E-state index is 0.0169. The third-order valence-electron chi connectivity index (χ3n) is 4.30. The maximum atomic E-state index is 12.3. The molecular formula is C15H23N5O6. The molecule has 0 aromatic heterocycles. The van der Waals surface area contributed by atoms with E-state index in [-0.39, 0.29) is 5.96 Å². The molecule has 1 unspecified atom stereocenters. The number of hydrogen-bond acceptors (Lipinski definition) is 6. The smallest absolute Gasteiger partial charge is 0.337 e. The number of unbranched alkanes of at least 4 members (excludes halogenated alkanes) is 1. The summed E-state index contributed by atoms with van der Waals surface area (Å²) in [4.78, 5) is 52.0. The van der Waals surface area contributed by atoms with Gasteiger partial charge in [-0.25, -0.2) is 4.79 Å². The van der Waals surface area contributed by atoms with Crippen molar-refractivity contribution in [2.75, 3.05) is 6.54 Å². The number of ketones is 1. The highest BCUT2D eigenvalue weighted by atomic mass is 16.6. The minimum atomic E-state index is -2.19. The fraction of sp³-hybridized carbons (Fsp3) is 0.667. The van der Waals surface area contributed by atoms with Crippen molar-refractivity contribution in [3.63, 3.8) is 0 Å². The van der Waals surface area contributed by atoms with Gasteiger partial charge in [-0.3, -0.25) is 30.2 Å². The molecule has 2 aliphatic rings. The van der Waals surface area contributed by atoms with Gasteiger partial charge in [-0.1, -0.05) is 20.3 Å². The maximum Gasteiger partial charge on any atom is 0.337 e. The lowest BCUT2D eigenvalue weighted by Gasteiger charge is -2.32. The summed E-state index contributed by atoms with van der Waals surface area (Å²) in [5.41, 5.74) is 8.13. The highest BCUT2D eigenvalue weighted by Gasteiger charge is 2.66. The van der Waals surface area contributed by atoms with Crippen molar-refractivity contribution in [3.8, 4) is 0 Å². The molecule has 6 N–H and O–H groups in total. The van der Waals surface area contributed by atoms with Crippen LogP contribution in [-0.2, 0) is 23.9 Å². The number of hydrazine groups is 1. The van der Waals surface area contributed by atoms with E-state index in [1.54, 1.807) is 0 Å². The van der Waals surface area contributed by atoms with Crippen molar-refractivity contribution in [3.05, 3.63) is 0 Å². The number of rotatable bonds is 7. The number of carbonyl (C=O) groups is 4. The van der Waals surface area contributed by atoms with Gasteiger partial charge in [-0.2, -0.15) is 0 Å². The molecule has 2 aliphatic heterocycles. The monoisotopic (exact) mass is 369 g/mol. The second-order valence-corrected chi connectivity index (χ2v) is 6.38. The normalized spacial score (nSPS) is 28.6. The molecule has 0 spiro atoms. The molecule has 0 saturated carbocycles. The van der Waals surface area contributed by atoms with Crippen LogP contribution in [0.1, 0.15) is 33.1 Å². The number of ether oxygens (including phenoxy) is 1. The quantitative estimate of drug-likeness (QED) is 0.0858. The van der Waals surface area contributed by atoms with Crippen molar-refractivity contribution in [2.24, 2.45) is 16.6 Å². The van der Waals surface area contributed by atoms with E-state index in [4.69, 9.17) is 10.5 Å². The van der Waals surface area contributed by atoms with Crippen LogP contribution in [0, 0.1) is 5.92 Å². The lowest BCUT2D eigenvalue weighted by Crippen LogP contribution is -2.66. The van der Waals surface area contributed by atoms with Gasteiger partial charge < -0.3 is 20.9 Å². The molecule has 4 atom stereocenters. The molecule has 11 heteroatoms. The summed E-state index contributed by atoms with van der Waals surface area (Å²) in [6.07, 6.45) is -0.614. The van der Waals surface area contributed by atoms with Gasteiger partial charge in [-0.15, -0.1) is 0 Å². The topological polar surface area (TPSA) is 176 Å². The van der Waals surface area contributed by atoms with Gasteiger partial charge in [-0.05, 0) is 6.42 Å². The van der Waals surface area contributed by atoms with Crippen molar-refractivity contribution in [1.82, 2.24) is 16.2 Å². The number of carbonyl (C=O) groups excluding carboxylic acids is 3. The van der Waals surface area contributed by atoms with Crippen LogP contribution >= 0.6 is 0 Å². The first-order chi connectivity index (χ1) is 12.2. The first-order valence-corrected chi connectivity index (χ1v) is 8.34. The zero-order chi connectivity index (χ0) is 19.5. The Morgan fingerprint density at radius 1 is 1.38 bits per heavy atom. The summed E-state index contributed by atoms with van der Waals surface area (Å²) in [5.74, 6) is -4.46. The second-order valence-electron chi connectivity index (χ2n) is 6.38. The zero-order valence-corrected chi connectivity index (χ0v) is 14.6. The molecule has 0 radical (unpaired) electrons. The van der Waals surface area contributed by atoms with E-state index in [1.807, 2.05) is 6.92 Å². The van der Waals surface area contributed by atoms with Crippen molar-refractivity contribution in [1.29, 1.82) is 0 Å². The molecule has 2 rings (SSSR count). The Balaban J connectivity index is 1.97. The number of carboxylic acid groups (broad SMARTS) is 1. The Morgan fingerprint density at radius 2 is 2.08 bits per heavy atom. The molecule has 0 aromatic carbocycles.